The van der Waals surface area contributed by atoms with E-state index >= 15 is 0 Å². The van der Waals surface area contributed by atoms with Gasteiger partial charge in [0.15, 0.2) is 0 Å². The Labute approximate surface area is 244 Å². The molecule has 2 heterocycles. The minimum atomic E-state index is -1.07. The van der Waals surface area contributed by atoms with Crippen LogP contribution in [0.25, 0.3) is 0 Å². The van der Waals surface area contributed by atoms with E-state index in [2.05, 4.69) is 15.8 Å². The summed E-state index contributed by atoms with van der Waals surface area (Å²) in [5, 5.41) is 19.5. The predicted octanol–water partition coefficient (Wildman–Crippen LogP) is 3.58. The average molecular weight is 590 g/mol. The Kier molecular flexibility index (Phi) is 11.4. The third-order valence-electron chi connectivity index (χ3n) is 7.41. The number of benzene rings is 2. The van der Waals surface area contributed by atoms with Crippen LogP contribution in [0.15, 0.2) is 42.5 Å². The third-order valence-corrected chi connectivity index (χ3v) is 7.41. The smallest absolute Gasteiger partial charge is 0.407 e. The number of ether oxygens (including phenoxy) is 5. The Bertz CT molecular complexity index is 1160. The van der Waals surface area contributed by atoms with Crippen LogP contribution in [-0.4, -0.2) is 100 Å². The molecule has 0 aromatic heterocycles. The van der Waals surface area contributed by atoms with Gasteiger partial charge in [-0.15, -0.1) is 10.1 Å². The number of carboxylic acid groups (broad SMARTS) is 1. The number of nitrogens with zero attached hydrogens (tertiary/aromatic N) is 3. The number of amides is 1. The van der Waals surface area contributed by atoms with E-state index in [4.69, 9.17) is 23.7 Å². The van der Waals surface area contributed by atoms with E-state index in [9.17, 15) is 20.0 Å². The van der Waals surface area contributed by atoms with Gasteiger partial charge in [-0.2, -0.15) is 0 Å². The fraction of sp³-hybridized carbons (Fsp3) is 0.552. The van der Waals surface area contributed by atoms with Crippen molar-refractivity contribution in [2.45, 2.75) is 37.6 Å². The molecular weight excluding hydrogens is 550 g/mol. The van der Waals surface area contributed by atoms with Crippen LogP contribution in [0, 0.1) is 10.1 Å². The Balaban J connectivity index is 1.53. The standard InChI is InChI=1S/C29H39N3O10/c1-37-13-3-11-30-12-16-40-25-10-5-21(17-24(25)30)20-41-27-19-31(29(33)34)18-26(39-14-4-15-42-32(35)36)28(27)22-6-8-23(38-2)9-7-22/h5-10,17,26-28H,3-4,11-16,18-20H2,1-2H3,(H,33,34)/t26?,27-,28?/m0/s1. The predicted molar refractivity (Wildman–Crippen MR) is 152 cm³/mol. The first-order valence-electron chi connectivity index (χ1n) is 14.0. The number of methoxy groups -OCH3 is 2. The van der Waals surface area contributed by atoms with E-state index in [-0.39, 0.29) is 45.2 Å². The highest BCUT2D eigenvalue weighted by molar-refractivity contribution is 5.65. The zero-order valence-electron chi connectivity index (χ0n) is 24.0. The molecule has 230 valence electrons. The molecule has 0 aliphatic carbocycles. The summed E-state index contributed by atoms with van der Waals surface area (Å²) in [7, 11) is 3.28. The van der Waals surface area contributed by atoms with Gasteiger partial charge in [0.2, 0.25) is 0 Å². The van der Waals surface area contributed by atoms with Gasteiger partial charge in [-0.3, -0.25) is 0 Å². The maximum Gasteiger partial charge on any atom is 0.407 e. The first kappa shape index (κ1) is 31.1. The van der Waals surface area contributed by atoms with Gasteiger partial charge in [0.25, 0.3) is 5.09 Å². The van der Waals surface area contributed by atoms with Gasteiger partial charge < -0.3 is 43.4 Å². The molecule has 0 saturated carbocycles. The zero-order valence-corrected chi connectivity index (χ0v) is 24.0. The van der Waals surface area contributed by atoms with Gasteiger partial charge in [0.1, 0.15) is 18.1 Å². The second-order valence-corrected chi connectivity index (χ2v) is 10.1. The van der Waals surface area contributed by atoms with Crippen LogP contribution in [0.5, 0.6) is 11.5 Å². The minimum absolute atomic E-state index is 0.111. The second kappa shape index (κ2) is 15.4. The molecule has 2 unspecified atom stereocenters. The Morgan fingerprint density at radius 3 is 2.50 bits per heavy atom. The van der Waals surface area contributed by atoms with Gasteiger partial charge in [0.05, 0.1) is 57.9 Å². The van der Waals surface area contributed by atoms with Crippen molar-refractivity contribution in [1.29, 1.82) is 0 Å². The normalized spacial score (nSPS) is 20.0. The SMILES string of the molecule is COCCCN1CCOc2ccc(CO[C@H]3CN(C(=O)O)CC(OCCCO[N+](=O)[O-])C3c3ccc(OC)cc3)cc21. The summed E-state index contributed by atoms with van der Waals surface area (Å²) in [4.78, 5) is 30.5. The minimum Gasteiger partial charge on any atom is -0.497 e. The quantitative estimate of drug-likeness (QED) is 0.185. The van der Waals surface area contributed by atoms with Crippen LogP contribution >= 0.6 is 0 Å². The molecule has 2 aromatic carbocycles. The molecule has 13 nitrogen and oxygen atoms in total. The van der Waals surface area contributed by atoms with Gasteiger partial charge in [-0.25, -0.2) is 4.79 Å². The van der Waals surface area contributed by atoms with Crippen LogP contribution in [0.3, 0.4) is 0 Å². The Morgan fingerprint density at radius 1 is 1.05 bits per heavy atom. The van der Waals surface area contributed by atoms with Gasteiger partial charge in [-0.05, 0) is 48.2 Å². The number of fused-ring (bicyclic) bond motifs is 1. The lowest BCUT2D eigenvalue weighted by Crippen LogP contribution is -2.54. The van der Waals surface area contributed by atoms with Crippen molar-refractivity contribution >= 4 is 11.8 Å². The van der Waals surface area contributed by atoms with Crippen molar-refractivity contribution in [3.05, 3.63) is 63.7 Å². The third kappa shape index (κ3) is 8.37. The number of anilines is 1. The topological polar surface area (TPSA) is 142 Å². The highest BCUT2D eigenvalue weighted by atomic mass is 16.9. The van der Waals surface area contributed by atoms with E-state index in [1.165, 1.54) is 4.90 Å². The van der Waals surface area contributed by atoms with Crippen molar-refractivity contribution in [2.75, 3.05) is 71.7 Å². The molecule has 2 aliphatic rings. The first-order chi connectivity index (χ1) is 20.4. The average Bonchev–Trinajstić information content (AvgIpc) is 2.99. The molecule has 13 heteroatoms. The summed E-state index contributed by atoms with van der Waals surface area (Å²) in [6.07, 6.45) is -0.957. The van der Waals surface area contributed by atoms with Crippen molar-refractivity contribution < 1.29 is 43.5 Å². The summed E-state index contributed by atoms with van der Waals surface area (Å²) >= 11 is 0. The summed E-state index contributed by atoms with van der Waals surface area (Å²) in [5.41, 5.74) is 2.85. The molecule has 42 heavy (non-hydrogen) atoms. The summed E-state index contributed by atoms with van der Waals surface area (Å²) in [6.45, 7) is 3.52. The molecule has 1 N–H and O–H groups in total. The summed E-state index contributed by atoms with van der Waals surface area (Å²) in [5.74, 6) is 1.22. The van der Waals surface area contributed by atoms with Crippen molar-refractivity contribution in [3.63, 3.8) is 0 Å². The molecule has 0 radical (unpaired) electrons. The highest BCUT2D eigenvalue weighted by Gasteiger charge is 2.41. The lowest BCUT2D eigenvalue weighted by Gasteiger charge is -2.42. The number of rotatable bonds is 15. The van der Waals surface area contributed by atoms with Gasteiger partial charge in [-0.1, -0.05) is 18.2 Å². The Hall–Kier alpha value is -3.81. The zero-order chi connectivity index (χ0) is 29.9. The number of hydrogen-bond acceptors (Lipinski definition) is 10. The number of carbonyl (C=O) groups is 1. The lowest BCUT2D eigenvalue weighted by molar-refractivity contribution is -0.757. The summed E-state index contributed by atoms with van der Waals surface area (Å²) in [6, 6.07) is 13.5. The maximum atomic E-state index is 12.1. The van der Waals surface area contributed by atoms with Crippen LogP contribution in [0.1, 0.15) is 29.9 Å². The number of piperidine rings is 1. The van der Waals surface area contributed by atoms with E-state index in [1.807, 2.05) is 36.4 Å². The molecule has 1 fully saturated rings. The van der Waals surface area contributed by atoms with Crippen LogP contribution in [-0.2, 0) is 25.7 Å². The molecule has 4 rings (SSSR count). The van der Waals surface area contributed by atoms with E-state index in [0.717, 1.165) is 42.1 Å². The molecule has 1 amide bonds. The molecular formula is C29H39N3O10. The lowest BCUT2D eigenvalue weighted by atomic mass is 9.84. The molecule has 3 atom stereocenters. The fourth-order valence-corrected chi connectivity index (χ4v) is 5.38. The van der Waals surface area contributed by atoms with Gasteiger partial charge >= 0.3 is 6.09 Å². The second-order valence-electron chi connectivity index (χ2n) is 10.1. The van der Waals surface area contributed by atoms with Crippen molar-refractivity contribution in [2.24, 2.45) is 0 Å². The summed E-state index contributed by atoms with van der Waals surface area (Å²) < 4.78 is 29.0. The van der Waals surface area contributed by atoms with E-state index < -0.39 is 23.4 Å². The largest absolute Gasteiger partial charge is 0.497 e. The van der Waals surface area contributed by atoms with E-state index in [0.29, 0.717) is 19.0 Å². The van der Waals surface area contributed by atoms with Crippen molar-refractivity contribution in [1.82, 2.24) is 4.90 Å². The van der Waals surface area contributed by atoms with E-state index in [1.54, 1.807) is 14.2 Å². The van der Waals surface area contributed by atoms with Gasteiger partial charge in [0, 0.05) is 32.8 Å². The highest BCUT2D eigenvalue weighted by Crippen LogP contribution is 2.36. The maximum absolute atomic E-state index is 12.1. The molecule has 0 bridgehead atoms. The van der Waals surface area contributed by atoms with Crippen molar-refractivity contribution in [3.8, 4) is 11.5 Å². The number of hydrogen-bond donors (Lipinski definition) is 1. The van der Waals surface area contributed by atoms with Crippen LogP contribution < -0.4 is 14.4 Å². The monoisotopic (exact) mass is 589 g/mol. The van der Waals surface area contributed by atoms with Crippen LogP contribution in [0.4, 0.5) is 10.5 Å². The molecule has 1 saturated heterocycles. The Morgan fingerprint density at radius 2 is 1.81 bits per heavy atom. The molecule has 0 spiro atoms. The molecule has 2 aromatic rings. The van der Waals surface area contributed by atoms with Crippen LogP contribution in [0.2, 0.25) is 0 Å². The number of likely N-dealkylation sites (tertiary alicyclic amines) is 1. The molecule has 2 aliphatic heterocycles. The fourth-order valence-electron chi connectivity index (χ4n) is 5.38. The first-order valence-corrected chi connectivity index (χ1v) is 14.0.